The Hall–Kier alpha value is -0.740. The van der Waals surface area contributed by atoms with Crippen molar-refractivity contribution in [3.05, 3.63) is 62.0 Å². The van der Waals surface area contributed by atoms with Crippen molar-refractivity contribution in [2.75, 3.05) is 6.54 Å². The molecule has 0 saturated carbocycles. The molecule has 2 aromatic carbocycles. The van der Waals surface area contributed by atoms with Gasteiger partial charge in [-0.3, -0.25) is 0 Å². The molecule has 5 heteroatoms. The van der Waals surface area contributed by atoms with Gasteiger partial charge in [0.05, 0.1) is 0 Å². The lowest BCUT2D eigenvalue weighted by Gasteiger charge is -2.14. The summed E-state index contributed by atoms with van der Waals surface area (Å²) in [6.07, 6.45) is 7.85. The van der Waals surface area contributed by atoms with Crippen LogP contribution in [-0.2, 0) is 13.2 Å². The number of hydrogen-bond donors (Lipinski definition) is 1. The van der Waals surface area contributed by atoms with E-state index in [1.54, 1.807) is 6.07 Å². The molecule has 0 aliphatic heterocycles. The van der Waals surface area contributed by atoms with Gasteiger partial charge >= 0.3 is 0 Å². The number of nitrogens with one attached hydrogen (secondary N) is 1. The Morgan fingerprint density at radius 3 is 2.48 bits per heavy atom. The van der Waals surface area contributed by atoms with E-state index < -0.39 is 0 Å². The van der Waals surface area contributed by atoms with E-state index in [-0.39, 0.29) is 0 Å². The van der Waals surface area contributed by atoms with Crippen LogP contribution in [0.15, 0.2) is 40.9 Å². The second-order valence-electron chi connectivity index (χ2n) is 6.72. The molecule has 2 nitrogen and oxygen atoms in total. The second-order valence-corrected chi connectivity index (χ2v) is 8.48. The number of hydrogen-bond acceptors (Lipinski definition) is 2. The number of rotatable bonds is 12. The first-order valence-corrected chi connectivity index (χ1v) is 11.2. The third-order valence-corrected chi connectivity index (χ3v) is 5.52. The first kappa shape index (κ1) is 22.5. The minimum Gasteiger partial charge on any atom is -0.489 e. The molecule has 0 amide bonds. The van der Waals surface area contributed by atoms with E-state index in [2.05, 4.69) is 34.2 Å². The van der Waals surface area contributed by atoms with E-state index in [4.69, 9.17) is 27.9 Å². The van der Waals surface area contributed by atoms with E-state index in [1.165, 1.54) is 38.5 Å². The highest BCUT2D eigenvalue weighted by molar-refractivity contribution is 9.10. The van der Waals surface area contributed by atoms with Crippen molar-refractivity contribution >= 4 is 39.1 Å². The topological polar surface area (TPSA) is 21.3 Å². The maximum absolute atomic E-state index is 6.24. The predicted molar refractivity (Wildman–Crippen MR) is 120 cm³/mol. The summed E-state index contributed by atoms with van der Waals surface area (Å²) in [5.41, 5.74) is 2.07. The molecule has 27 heavy (non-hydrogen) atoms. The zero-order chi connectivity index (χ0) is 19.5. The summed E-state index contributed by atoms with van der Waals surface area (Å²) in [5.74, 6) is 0.875. The van der Waals surface area contributed by atoms with Gasteiger partial charge in [0.2, 0.25) is 0 Å². The summed E-state index contributed by atoms with van der Waals surface area (Å²) in [5, 5.41) is 4.79. The zero-order valence-corrected chi connectivity index (χ0v) is 19.0. The van der Waals surface area contributed by atoms with Crippen molar-refractivity contribution in [3.63, 3.8) is 0 Å². The van der Waals surface area contributed by atoms with E-state index >= 15 is 0 Å². The molecular weight excluding hydrogens is 445 g/mol. The molecule has 1 N–H and O–H groups in total. The lowest BCUT2D eigenvalue weighted by atomic mass is 10.1. The molecule has 0 atom stereocenters. The monoisotopic (exact) mass is 471 g/mol. The molecule has 2 rings (SSSR count). The third-order valence-electron chi connectivity index (χ3n) is 4.44. The average Bonchev–Trinajstić information content (AvgIpc) is 2.64. The fourth-order valence-electron chi connectivity index (χ4n) is 2.87. The highest BCUT2D eigenvalue weighted by Gasteiger charge is 2.07. The minimum atomic E-state index is 0.419. The summed E-state index contributed by atoms with van der Waals surface area (Å²) < 4.78 is 7.08. The van der Waals surface area contributed by atoms with Gasteiger partial charge in [-0.15, -0.1) is 0 Å². The standard InChI is InChI=1S/C22H28BrCl2NO/c1-2-3-4-5-6-7-12-26-15-18-13-19(23)9-11-22(18)27-16-17-8-10-20(24)14-21(17)25/h8-11,13-14,26H,2-7,12,15-16H2,1H3. The summed E-state index contributed by atoms with van der Waals surface area (Å²) >= 11 is 15.7. The van der Waals surface area contributed by atoms with Crippen molar-refractivity contribution in [1.29, 1.82) is 0 Å². The molecule has 0 aromatic heterocycles. The number of halogens is 3. The van der Waals surface area contributed by atoms with E-state index in [0.717, 1.165) is 34.4 Å². The van der Waals surface area contributed by atoms with Crippen LogP contribution in [0.2, 0.25) is 10.0 Å². The van der Waals surface area contributed by atoms with Gasteiger partial charge in [-0.05, 0) is 43.3 Å². The fraction of sp³-hybridized carbons (Fsp3) is 0.455. The van der Waals surface area contributed by atoms with E-state index in [9.17, 15) is 0 Å². The van der Waals surface area contributed by atoms with Crippen LogP contribution in [0.5, 0.6) is 5.75 Å². The molecule has 0 heterocycles. The van der Waals surface area contributed by atoms with Crippen molar-refractivity contribution < 1.29 is 4.74 Å². The van der Waals surface area contributed by atoms with Gasteiger partial charge in [-0.2, -0.15) is 0 Å². The lowest BCUT2D eigenvalue weighted by Crippen LogP contribution is -2.15. The van der Waals surface area contributed by atoms with Crippen molar-refractivity contribution in [3.8, 4) is 5.75 Å². The molecular formula is C22H28BrCl2NO. The van der Waals surface area contributed by atoms with Crippen LogP contribution in [0, 0.1) is 0 Å². The molecule has 0 fully saturated rings. The molecule has 0 unspecified atom stereocenters. The summed E-state index contributed by atoms with van der Waals surface area (Å²) in [7, 11) is 0. The summed E-state index contributed by atoms with van der Waals surface area (Å²) in [6, 6.07) is 11.6. The molecule has 0 aliphatic carbocycles. The maximum atomic E-state index is 6.24. The Morgan fingerprint density at radius 1 is 0.926 bits per heavy atom. The van der Waals surface area contributed by atoms with Gasteiger partial charge in [-0.25, -0.2) is 0 Å². The molecule has 148 valence electrons. The third kappa shape index (κ3) is 8.43. The Labute approximate surface area is 181 Å². The van der Waals surface area contributed by atoms with Crippen molar-refractivity contribution in [1.82, 2.24) is 5.32 Å². The number of unbranched alkanes of at least 4 members (excludes halogenated alkanes) is 5. The van der Waals surface area contributed by atoms with Gasteiger partial charge < -0.3 is 10.1 Å². The minimum absolute atomic E-state index is 0.419. The number of benzene rings is 2. The average molecular weight is 473 g/mol. The largest absolute Gasteiger partial charge is 0.489 e. The molecule has 0 spiro atoms. The Bertz CT molecular complexity index is 709. The summed E-state index contributed by atoms with van der Waals surface area (Å²) in [6.45, 7) is 4.49. The fourth-order valence-corrected chi connectivity index (χ4v) is 3.75. The molecule has 0 radical (unpaired) electrons. The van der Waals surface area contributed by atoms with Gasteiger partial charge in [-0.1, -0.05) is 84.2 Å². The van der Waals surface area contributed by atoms with Crippen LogP contribution in [0.3, 0.4) is 0 Å². The van der Waals surface area contributed by atoms with Crippen LogP contribution >= 0.6 is 39.1 Å². The van der Waals surface area contributed by atoms with Crippen LogP contribution in [-0.4, -0.2) is 6.54 Å². The maximum Gasteiger partial charge on any atom is 0.124 e. The van der Waals surface area contributed by atoms with Crippen molar-refractivity contribution in [2.45, 2.75) is 58.6 Å². The van der Waals surface area contributed by atoms with Crippen LogP contribution in [0.25, 0.3) is 0 Å². The summed E-state index contributed by atoms with van der Waals surface area (Å²) in [4.78, 5) is 0. The van der Waals surface area contributed by atoms with Gasteiger partial charge in [0.1, 0.15) is 12.4 Å². The molecule has 0 bridgehead atoms. The van der Waals surface area contributed by atoms with E-state index in [0.29, 0.717) is 16.7 Å². The molecule has 2 aromatic rings. The smallest absolute Gasteiger partial charge is 0.124 e. The highest BCUT2D eigenvalue weighted by atomic mass is 79.9. The van der Waals surface area contributed by atoms with Crippen molar-refractivity contribution in [2.24, 2.45) is 0 Å². The first-order valence-electron chi connectivity index (χ1n) is 9.66. The second kappa shape index (κ2) is 12.7. The normalized spacial score (nSPS) is 11.0. The Morgan fingerprint density at radius 2 is 1.70 bits per heavy atom. The van der Waals surface area contributed by atoms with Crippen LogP contribution < -0.4 is 10.1 Å². The zero-order valence-electron chi connectivity index (χ0n) is 15.9. The van der Waals surface area contributed by atoms with Gasteiger partial charge in [0, 0.05) is 32.2 Å². The SMILES string of the molecule is CCCCCCCCNCc1cc(Br)ccc1OCc1ccc(Cl)cc1Cl. The quantitative estimate of drug-likeness (QED) is 0.318. The highest BCUT2D eigenvalue weighted by Crippen LogP contribution is 2.26. The molecule has 0 aliphatic rings. The van der Waals surface area contributed by atoms with E-state index in [1.807, 2.05) is 24.3 Å². The Balaban J connectivity index is 1.83. The predicted octanol–water partition coefficient (Wildman–Crippen LogP) is 7.79. The first-order chi connectivity index (χ1) is 13.1. The molecule has 0 saturated heterocycles. The lowest BCUT2D eigenvalue weighted by molar-refractivity contribution is 0.302. The Kier molecular flexibility index (Phi) is 10.6. The van der Waals surface area contributed by atoms with Crippen LogP contribution in [0.4, 0.5) is 0 Å². The van der Waals surface area contributed by atoms with Crippen LogP contribution in [0.1, 0.15) is 56.6 Å². The number of ether oxygens (including phenoxy) is 1. The van der Waals surface area contributed by atoms with Gasteiger partial charge in [0.25, 0.3) is 0 Å². The van der Waals surface area contributed by atoms with Gasteiger partial charge in [0.15, 0.2) is 0 Å².